The number of nitrogens with zero attached hydrogens (tertiary/aromatic N) is 1. The van der Waals surface area contributed by atoms with Gasteiger partial charge in [0, 0.05) is 0 Å². The van der Waals surface area contributed by atoms with Crippen molar-refractivity contribution in [3.63, 3.8) is 0 Å². The van der Waals surface area contributed by atoms with E-state index < -0.39 is 5.54 Å². The Labute approximate surface area is 106 Å². The summed E-state index contributed by atoms with van der Waals surface area (Å²) >= 11 is 0. The van der Waals surface area contributed by atoms with Gasteiger partial charge in [0.25, 0.3) is 0 Å². The lowest BCUT2D eigenvalue weighted by molar-refractivity contribution is -0.124. The highest BCUT2D eigenvalue weighted by Crippen LogP contribution is 2.12. The summed E-state index contributed by atoms with van der Waals surface area (Å²) in [6.45, 7) is 9.13. The van der Waals surface area contributed by atoms with Gasteiger partial charge in [0.15, 0.2) is 0 Å². The second kappa shape index (κ2) is 8.48. The summed E-state index contributed by atoms with van der Waals surface area (Å²) in [6, 6.07) is 0. The molecular weight excluding hydrogens is 214 g/mol. The fourth-order valence-corrected chi connectivity index (χ4v) is 1.90. The Bertz CT molecular complexity index is 221. The first-order valence-corrected chi connectivity index (χ1v) is 6.69. The summed E-state index contributed by atoms with van der Waals surface area (Å²) < 4.78 is 0. The molecule has 0 aromatic carbocycles. The number of carbonyl (C=O) groups excluding carboxylic acids is 1. The van der Waals surface area contributed by atoms with Crippen LogP contribution in [0.5, 0.6) is 0 Å². The zero-order valence-corrected chi connectivity index (χ0v) is 11.9. The molecule has 0 aromatic heterocycles. The average Bonchev–Trinajstić information content (AvgIpc) is 2.26. The van der Waals surface area contributed by atoms with Crippen LogP contribution in [0, 0.1) is 0 Å². The van der Waals surface area contributed by atoms with Crippen LogP contribution in [0.1, 0.15) is 46.5 Å². The topological polar surface area (TPSA) is 58.4 Å². The maximum absolute atomic E-state index is 11.5. The van der Waals surface area contributed by atoms with E-state index in [1.165, 1.54) is 0 Å². The second-order valence-electron chi connectivity index (χ2n) is 5.03. The van der Waals surface area contributed by atoms with Gasteiger partial charge in [-0.1, -0.05) is 13.8 Å². The molecule has 0 aliphatic rings. The van der Waals surface area contributed by atoms with Crippen molar-refractivity contribution < 1.29 is 4.79 Å². The molecule has 3 N–H and O–H groups in total. The van der Waals surface area contributed by atoms with E-state index in [1.54, 1.807) is 0 Å². The van der Waals surface area contributed by atoms with Crippen molar-refractivity contribution in [2.45, 2.75) is 52.0 Å². The van der Waals surface area contributed by atoms with Crippen molar-refractivity contribution in [3.05, 3.63) is 0 Å². The molecule has 0 aromatic rings. The smallest absolute Gasteiger partial charge is 0.237 e. The Hall–Kier alpha value is -0.610. The first kappa shape index (κ1) is 16.4. The van der Waals surface area contributed by atoms with Crippen molar-refractivity contribution in [3.8, 4) is 0 Å². The predicted octanol–water partition coefficient (Wildman–Crippen LogP) is 1.35. The van der Waals surface area contributed by atoms with E-state index in [4.69, 9.17) is 5.73 Å². The third-order valence-corrected chi connectivity index (χ3v) is 3.13. The molecule has 1 atom stereocenters. The molecule has 0 saturated carbocycles. The molecule has 0 heterocycles. The highest BCUT2D eigenvalue weighted by Gasteiger charge is 2.29. The number of nitrogens with one attached hydrogen (secondary N) is 1. The molecule has 0 fully saturated rings. The van der Waals surface area contributed by atoms with Crippen LogP contribution in [-0.4, -0.2) is 43.0 Å². The predicted molar refractivity (Wildman–Crippen MR) is 72.9 cm³/mol. The third kappa shape index (κ3) is 6.64. The summed E-state index contributed by atoms with van der Waals surface area (Å²) in [5.41, 5.74) is 4.92. The van der Waals surface area contributed by atoms with Gasteiger partial charge >= 0.3 is 0 Å². The van der Waals surface area contributed by atoms with Crippen molar-refractivity contribution in [1.29, 1.82) is 0 Å². The average molecular weight is 243 g/mol. The molecule has 0 aliphatic carbocycles. The van der Waals surface area contributed by atoms with Crippen LogP contribution in [0.2, 0.25) is 0 Å². The molecule has 4 nitrogen and oxygen atoms in total. The fourth-order valence-electron chi connectivity index (χ4n) is 1.90. The summed E-state index contributed by atoms with van der Waals surface area (Å²) in [6.07, 6.45) is 3.97. The fraction of sp³-hybridized carbons (Fsp3) is 0.923. The normalized spacial score (nSPS) is 14.9. The van der Waals surface area contributed by atoms with Gasteiger partial charge in [-0.3, -0.25) is 4.79 Å². The number of hydrogen-bond acceptors (Lipinski definition) is 3. The van der Waals surface area contributed by atoms with Crippen LogP contribution in [0.25, 0.3) is 0 Å². The Kier molecular flexibility index (Phi) is 8.17. The Morgan fingerprint density at radius 3 is 2.41 bits per heavy atom. The largest absolute Gasteiger partial charge is 0.368 e. The Morgan fingerprint density at radius 1 is 1.29 bits per heavy atom. The van der Waals surface area contributed by atoms with E-state index in [2.05, 4.69) is 31.1 Å². The number of carbonyl (C=O) groups is 1. The molecule has 0 radical (unpaired) electrons. The van der Waals surface area contributed by atoms with Gasteiger partial charge in [0.1, 0.15) is 0 Å². The summed E-state index contributed by atoms with van der Waals surface area (Å²) in [7, 11) is 2.12. The van der Waals surface area contributed by atoms with Gasteiger partial charge in [0.05, 0.1) is 5.54 Å². The summed E-state index contributed by atoms with van der Waals surface area (Å²) in [5.74, 6) is -0.246. The monoisotopic (exact) mass is 243 g/mol. The van der Waals surface area contributed by atoms with E-state index in [9.17, 15) is 4.79 Å². The lowest BCUT2D eigenvalue weighted by Gasteiger charge is -2.28. The van der Waals surface area contributed by atoms with Crippen LogP contribution in [0.15, 0.2) is 0 Å². The lowest BCUT2D eigenvalue weighted by Crippen LogP contribution is -2.53. The van der Waals surface area contributed by atoms with Crippen molar-refractivity contribution in [1.82, 2.24) is 10.2 Å². The highest BCUT2D eigenvalue weighted by atomic mass is 16.1. The van der Waals surface area contributed by atoms with Crippen LogP contribution < -0.4 is 11.1 Å². The number of rotatable bonds is 10. The highest BCUT2D eigenvalue weighted by molar-refractivity contribution is 5.84. The molecule has 1 unspecified atom stereocenters. The second-order valence-corrected chi connectivity index (χ2v) is 5.03. The molecule has 0 saturated heterocycles. The Balaban J connectivity index is 4.04. The molecule has 0 bridgehead atoms. The van der Waals surface area contributed by atoms with E-state index in [0.29, 0.717) is 0 Å². The van der Waals surface area contributed by atoms with Gasteiger partial charge < -0.3 is 16.0 Å². The third-order valence-electron chi connectivity index (χ3n) is 3.13. The van der Waals surface area contributed by atoms with Crippen molar-refractivity contribution >= 4 is 5.91 Å². The van der Waals surface area contributed by atoms with Crippen molar-refractivity contribution in [2.24, 2.45) is 5.73 Å². The summed E-state index contributed by atoms with van der Waals surface area (Å²) in [4.78, 5) is 13.8. The maximum atomic E-state index is 11.5. The Morgan fingerprint density at radius 2 is 1.94 bits per heavy atom. The molecule has 0 aliphatic heterocycles. The number of hydrogen-bond donors (Lipinski definition) is 2. The molecule has 0 rings (SSSR count). The number of nitrogens with two attached hydrogens (primary N) is 1. The molecule has 102 valence electrons. The first-order valence-electron chi connectivity index (χ1n) is 6.69. The maximum Gasteiger partial charge on any atom is 0.237 e. The van der Waals surface area contributed by atoms with Gasteiger partial charge in [-0.25, -0.2) is 0 Å². The molecule has 17 heavy (non-hydrogen) atoms. The quantitative estimate of drug-likeness (QED) is 0.609. The molecular formula is C13H29N3O. The molecule has 0 spiro atoms. The standard InChI is InChI=1S/C13H29N3O/c1-5-9-15-13(3,12(14)17)8-7-11-16(4)10-6-2/h15H,5-11H2,1-4H3,(H2,14,17). The zero-order chi connectivity index (χ0) is 13.3. The first-order chi connectivity index (χ1) is 7.96. The van der Waals surface area contributed by atoms with E-state index in [1.807, 2.05) is 6.92 Å². The molecule has 4 heteroatoms. The SMILES string of the molecule is CCCNC(C)(CCCN(C)CCC)C(N)=O. The minimum atomic E-state index is -0.553. The van der Waals surface area contributed by atoms with Crippen molar-refractivity contribution in [2.75, 3.05) is 26.7 Å². The minimum Gasteiger partial charge on any atom is -0.368 e. The van der Waals surface area contributed by atoms with Gasteiger partial charge in [-0.2, -0.15) is 0 Å². The van der Waals surface area contributed by atoms with Gasteiger partial charge in [-0.15, -0.1) is 0 Å². The number of amides is 1. The lowest BCUT2D eigenvalue weighted by atomic mass is 9.94. The minimum absolute atomic E-state index is 0.246. The zero-order valence-electron chi connectivity index (χ0n) is 11.9. The summed E-state index contributed by atoms with van der Waals surface area (Å²) in [5, 5.41) is 3.26. The number of primary amides is 1. The van der Waals surface area contributed by atoms with E-state index in [0.717, 1.165) is 45.3 Å². The van der Waals surface area contributed by atoms with Crippen LogP contribution in [-0.2, 0) is 4.79 Å². The van der Waals surface area contributed by atoms with Gasteiger partial charge in [-0.05, 0) is 59.3 Å². The van der Waals surface area contributed by atoms with Crippen LogP contribution >= 0.6 is 0 Å². The van der Waals surface area contributed by atoms with Gasteiger partial charge in [0.2, 0.25) is 5.91 Å². The van der Waals surface area contributed by atoms with Crippen LogP contribution in [0.3, 0.4) is 0 Å². The van der Waals surface area contributed by atoms with E-state index in [-0.39, 0.29) is 5.91 Å². The van der Waals surface area contributed by atoms with E-state index >= 15 is 0 Å². The van der Waals surface area contributed by atoms with Crippen LogP contribution in [0.4, 0.5) is 0 Å². The molecule has 1 amide bonds.